The van der Waals surface area contributed by atoms with Crippen LogP contribution in [0.2, 0.25) is 0 Å². The van der Waals surface area contributed by atoms with E-state index in [1.54, 1.807) is 0 Å². The van der Waals surface area contributed by atoms with E-state index in [0.717, 1.165) is 6.07 Å². The third-order valence-corrected chi connectivity index (χ3v) is 1.39. The Morgan fingerprint density at radius 2 is 2.31 bits per heavy atom. The van der Waals surface area contributed by atoms with Gasteiger partial charge in [-0.25, -0.2) is 4.79 Å². The molecule has 0 bridgehead atoms. The van der Waals surface area contributed by atoms with Gasteiger partial charge in [0.15, 0.2) is 5.69 Å². The highest BCUT2D eigenvalue weighted by Gasteiger charge is 2.19. The lowest BCUT2D eigenvalue weighted by atomic mass is 10.2. The molecule has 0 aliphatic carbocycles. The summed E-state index contributed by atoms with van der Waals surface area (Å²) in [5.74, 6) is -1.85. The molecule has 1 atom stereocenters. The van der Waals surface area contributed by atoms with Crippen LogP contribution >= 0.6 is 0 Å². The standard InChI is InChI=1S/C7H8N2O4/c1-3(8)6(10)5-2-4(7(11)12)9-13-5/h2-3H,8H2,1H3,(H,11,12). The molecule has 1 aromatic rings. The summed E-state index contributed by atoms with van der Waals surface area (Å²) in [6.07, 6.45) is 0. The highest BCUT2D eigenvalue weighted by atomic mass is 16.5. The first-order chi connectivity index (χ1) is 6.02. The molecule has 0 fully saturated rings. The van der Waals surface area contributed by atoms with E-state index >= 15 is 0 Å². The summed E-state index contributed by atoms with van der Waals surface area (Å²) < 4.78 is 4.49. The van der Waals surface area contributed by atoms with Gasteiger partial charge in [0.1, 0.15) is 0 Å². The van der Waals surface area contributed by atoms with Crippen molar-refractivity contribution in [3.8, 4) is 0 Å². The minimum absolute atomic E-state index is 0.132. The number of carbonyl (C=O) groups is 2. The van der Waals surface area contributed by atoms with Crippen molar-refractivity contribution in [1.29, 1.82) is 0 Å². The highest BCUT2D eigenvalue weighted by Crippen LogP contribution is 2.05. The average Bonchev–Trinajstić information content (AvgIpc) is 2.50. The number of hydrogen-bond donors (Lipinski definition) is 2. The van der Waals surface area contributed by atoms with Crippen molar-refractivity contribution in [1.82, 2.24) is 5.16 Å². The lowest BCUT2D eigenvalue weighted by Crippen LogP contribution is -2.26. The zero-order valence-corrected chi connectivity index (χ0v) is 6.85. The fourth-order valence-electron chi connectivity index (χ4n) is 0.717. The molecule has 6 nitrogen and oxygen atoms in total. The van der Waals surface area contributed by atoms with Gasteiger partial charge in [-0.3, -0.25) is 4.79 Å². The second-order valence-corrected chi connectivity index (χ2v) is 2.53. The van der Waals surface area contributed by atoms with Crippen LogP contribution in [0.3, 0.4) is 0 Å². The normalized spacial score (nSPS) is 12.5. The number of aromatic nitrogens is 1. The highest BCUT2D eigenvalue weighted by molar-refractivity contribution is 5.98. The van der Waals surface area contributed by atoms with Crippen LogP contribution in [0.1, 0.15) is 28.0 Å². The molecule has 13 heavy (non-hydrogen) atoms. The van der Waals surface area contributed by atoms with E-state index in [1.807, 2.05) is 0 Å². The maximum Gasteiger partial charge on any atom is 0.358 e. The molecule has 0 amide bonds. The average molecular weight is 184 g/mol. The molecular formula is C7H8N2O4. The summed E-state index contributed by atoms with van der Waals surface area (Å²) in [5.41, 5.74) is 4.97. The van der Waals surface area contributed by atoms with Crippen LogP contribution in [0.25, 0.3) is 0 Å². The van der Waals surface area contributed by atoms with E-state index in [9.17, 15) is 9.59 Å². The summed E-state index contributed by atoms with van der Waals surface area (Å²) in [6, 6.07) is 0.322. The van der Waals surface area contributed by atoms with Crippen molar-refractivity contribution >= 4 is 11.8 Å². The van der Waals surface area contributed by atoms with Crippen molar-refractivity contribution < 1.29 is 19.2 Å². The van der Waals surface area contributed by atoms with Crippen LogP contribution in [-0.4, -0.2) is 28.1 Å². The number of carboxylic acids is 1. The van der Waals surface area contributed by atoms with Crippen molar-refractivity contribution in [2.75, 3.05) is 0 Å². The Hall–Kier alpha value is -1.69. The van der Waals surface area contributed by atoms with Crippen molar-refractivity contribution in [2.45, 2.75) is 13.0 Å². The fraction of sp³-hybridized carbons (Fsp3) is 0.286. The van der Waals surface area contributed by atoms with E-state index in [1.165, 1.54) is 6.92 Å². The Labute approximate surface area is 73.3 Å². The van der Waals surface area contributed by atoms with Crippen LogP contribution < -0.4 is 5.73 Å². The van der Waals surface area contributed by atoms with Gasteiger partial charge in [0, 0.05) is 6.07 Å². The summed E-state index contributed by atoms with van der Waals surface area (Å²) in [4.78, 5) is 21.5. The summed E-state index contributed by atoms with van der Waals surface area (Å²) in [7, 11) is 0. The monoisotopic (exact) mass is 184 g/mol. The van der Waals surface area contributed by atoms with Crippen molar-refractivity contribution in [3.05, 3.63) is 17.5 Å². The first-order valence-electron chi connectivity index (χ1n) is 3.52. The first kappa shape index (κ1) is 9.40. The quantitative estimate of drug-likeness (QED) is 0.635. The van der Waals surface area contributed by atoms with Gasteiger partial charge in [0.05, 0.1) is 6.04 Å². The van der Waals surface area contributed by atoms with Gasteiger partial charge in [-0.1, -0.05) is 5.16 Å². The molecule has 1 rings (SSSR count). The van der Waals surface area contributed by atoms with E-state index in [4.69, 9.17) is 10.8 Å². The molecule has 0 aliphatic rings. The first-order valence-corrected chi connectivity index (χ1v) is 3.52. The number of nitrogens with two attached hydrogens (primary N) is 1. The largest absolute Gasteiger partial charge is 0.476 e. The molecular weight excluding hydrogens is 176 g/mol. The maximum absolute atomic E-state index is 11.1. The number of hydrogen-bond acceptors (Lipinski definition) is 5. The summed E-state index contributed by atoms with van der Waals surface area (Å²) in [6.45, 7) is 1.48. The Morgan fingerprint density at radius 3 is 2.69 bits per heavy atom. The minimum atomic E-state index is -1.24. The van der Waals surface area contributed by atoms with Gasteiger partial charge < -0.3 is 15.4 Å². The number of Topliss-reactive ketones (excluding diaryl/α,β-unsaturated/α-hetero) is 1. The van der Waals surface area contributed by atoms with Crippen LogP contribution in [0, 0.1) is 0 Å². The van der Waals surface area contributed by atoms with Gasteiger partial charge in [0.25, 0.3) is 0 Å². The van der Waals surface area contributed by atoms with Gasteiger partial charge in [-0.2, -0.15) is 0 Å². The topological polar surface area (TPSA) is 106 Å². The molecule has 0 radical (unpaired) electrons. The molecule has 70 valence electrons. The smallest absolute Gasteiger partial charge is 0.358 e. The van der Waals surface area contributed by atoms with Crippen LogP contribution in [0.4, 0.5) is 0 Å². The van der Waals surface area contributed by atoms with E-state index in [2.05, 4.69) is 9.68 Å². The Morgan fingerprint density at radius 1 is 1.69 bits per heavy atom. The number of carboxylic acid groups (broad SMARTS) is 1. The predicted octanol–water partition coefficient (Wildman–Crippen LogP) is -0.0973. The zero-order valence-electron chi connectivity index (χ0n) is 6.85. The molecule has 1 unspecified atom stereocenters. The lowest BCUT2D eigenvalue weighted by molar-refractivity contribution is 0.0684. The van der Waals surface area contributed by atoms with Gasteiger partial charge >= 0.3 is 5.97 Å². The number of ketones is 1. The SMILES string of the molecule is CC(N)C(=O)c1cc(C(=O)O)no1. The van der Waals surface area contributed by atoms with E-state index in [0.29, 0.717) is 0 Å². The van der Waals surface area contributed by atoms with Crippen LogP contribution in [0.5, 0.6) is 0 Å². The number of carbonyl (C=O) groups excluding carboxylic acids is 1. The Bertz CT molecular complexity index is 342. The lowest BCUT2D eigenvalue weighted by Gasteiger charge is -1.96. The third-order valence-electron chi connectivity index (χ3n) is 1.39. The van der Waals surface area contributed by atoms with Gasteiger partial charge in [0.2, 0.25) is 11.5 Å². The van der Waals surface area contributed by atoms with Gasteiger partial charge in [-0.15, -0.1) is 0 Å². The molecule has 0 saturated heterocycles. The number of rotatable bonds is 3. The zero-order chi connectivity index (χ0) is 10.0. The van der Waals surface area contributed by atoms with Crippen LogP contribution in [-0.2, 0) is 0 Å². The Kier molecular flexibility index (Phi) is 2.43. The molecule has 0 saturated carbocycles. The minimum Gasteiger partial charge on any atom is -0.476 e. The number of nitrogens with zero attached hydrogens (tertiary/aromatic N) is 1. The molecule has 3 N–H and O–H groups in total. The maximum atomic E-state index is 11.1. The number of aromatic carboxylic acids is 1. The third kappa shape index (κ3) is 1.91. The second-order valence-electron chi connectivity index (χ2n) is 2.53. The fourth-order valence-corrected chi connectivity index (χ4v) is 0.717. The van der Waals surface area contributed by atoms with Crippen molar-refractivity contribution in [2.24, 2.45) is 5.73 Å². The van der Waals surface area contributed by atoms with E-state index in [-0.39, 0.29) is 11.5 Å². The molecule has 0 aromatic carbocycles. The van der Waals surface area contributed by atoms with Crippen molar-refractivity contribution in [3.63, 3.8) is 0 Å². The molecule has 1 aromatic heterocycles. The van der Waals surface area contributed by atoms with Crippen LogP contribution in [0.15, 0.2) is 10.6 Å². The second kappa shape index (κ2) is 3.36. The summed E-state index contributed by atoms with van der Waals surface area (Å²) >= 11 is 0. The van der Waals surface area contributed by atoms with Gasteiger partial charge in [-0.05, 0) is 6.92 Å². The molecule has 6 heteroatoms. The Balaban J connectivity index is 2.92. The predicted molar refractivity (Wildman–Crippen MR) is 41.4 cm³/mol. The summed E-state index contributed by atoms with van der Waals surface area (Å²) in [5, 5.41) is 11.6. The molecule has 0 aliphatic heterocycles. The molecule has 1 heterocycles. The van der Waals surface area contributed by atoms with E-state index < -0.39 is 17.8 Å². The molecule has 0 spiro atoms.